The zero-order valence-electron chi connectivity index (χ0n) is 12.6. The smallest absolute Gasteiger partial charge is 0.295 e. The molecule has 1 aliphatic carbocycles. The molecule has 2 unspecified atom stereocenters. The summed E-state index contributed by atoms with van der Waals surface area (Å²) in [4.78, 5) is 10.5. The molecule has 1 fully saturated rings. The lowest BCUT2D eigenvalue weighted by molar-refractivity contribution is -0.384. The van der Waals surface area contributed by atoms with Crippen molar-refractivity contribution in [2.45, 2.75) is 52.0 Å². The largest absolute Gasteiger partial charge is 0.374 e. The van der Waals surface area contributed by atoms with Crippen LogP contribution >= 0.6 is 0 Å². The van der Waals surface area contributed by atoms with Gasteiger partial charge in [-0.1, -0.05) is 32.8 Å². The minimum Gasteiger partial charge on any atom is -0.374 e. The van der Waals surface area contributed by atoms with Crippen LogP contribution in [-0.4, -0.2) is 11.0 Å². The fourth-order valence-electron chi connectivity index (χ4n) is 3.15. The van der Waals surface area contributed by atoms with Crippen molar-refractivity contribution in [3.05, 3.63) is 34.1 Å². The summed E-state index contributed by atoms with van der Waals surface area (Å²) in [5, 5.41) is 14.1. The molecule has 0 radical (unpaired) electrons. The second-order valence-corrected chi connectivity index (χ2v) is 6.24. The third kappa shape index (κ3) is 3.93. The van der Waals surface area contributed by atoms with Crippen molar-refractivity contribution in [1.29, 1.82) is 0 Å². The molecular weight excluding hydrogens is 271 g/mol. The number of anilines is 1. The molecule has 2 atom stereocenters. The second kappa shape index (κ2) is 6.87. The van der Waals surface area contributed by atoms with Crippen LogP contribution in [0.15, 0.2) is 18.2 Å². The Morgan fingerprint density at radius 3 is 2.71 bits per heavy atom. The monoisotopic (exact) mass is 294 g/mol. The van der Waals surface area contributed by atoms with E-state index in [1.807, 2.05) is 0 Å². The Hall–Kier alpha value is -1.65. The van der Waals surface area contributed by atoms with Gasteiger partial charge in [0.2, 0.25) is 0 Å². The molecule has 0 aliphatic heterocycles. The van der Waals surface area contributed by atoms with Gasteiger partial charge < -0.3 is 5.32 Å². The van der Waals surface area contributed by atoms with Crippen LogP contribution in [0.1, 0.15) is 46.0 Å². The van der Waals surface area contributed by atoms with Gasteiger partial charge in [-0.2, -0.15) is 0 Å². The molecule has 1 N–H and O–H groups in total. The van der Waals surface area contributed by atoms with Gasteiger partial charge in [-0.05, 0) is 37.2 Å². The van der Waals surface area contributed by atoms with E-state index in [4.69, 9.17) is 0 Å². The fraction of sp³-hybridized carbons (Fsp3) is 0.625. The summed E-state index contributed by atoms with van der Waals surface area (Å²) in [6, 6.07) is 4.10. The van der Waals surface area contributed by atoms with Crippen molar-refractivity contribution in [2.75, 3.05) is 5.32 Å². The van der Waals surface area contributed by atoms with Gasteiger partial charge in [0.1, 0.15) is 5.69 Å². The molecule has 0 bridgehead atoms. The summed E-state index contributed by atoms with van der Waals surface area (Å²) < 4.78 is 13.9. The molecule has 1 saturated carbocycles. The highest BCUT2D eigenvalue weighted by Gasteiger charge is 2.24. The number of nitrogens with zero attached hydrogens (tertiary/aromatic N) is 1. The first-order chi connectivity index (χ1) is 9.99. The molecule has 0 spiro atoms. The van der Waals surface area contributed by atoms with Gasteiger partial charge >= 0.3 is 0 Å². The normalized spacial score (nSPS) is 22.9. The Labute approximate surface area is 124 Å². The van der Waals surface area contributed by atoms with E-state index in [-0.39, 0.29) is 17.4 Å². The number of rotatable bonds is 4. The van der Waals surface area contributed by atoms with Crippen molar-refractivity contribution >= 4 is 11.4 Å². The highest BCUT2D eigenvalue weighted by atomic mass is 19.1. The molecule has 1 aliphatic rings. The van der Waals surface area contributed by atoms with Crippen molar-refractivity contribution < 1.29 is 9.31 Å². The van der Waals surface area contributed by atoms with Crippen LogP contribution in [0.2, 0.25) is 0 Å². The highest BCUT2D eigenvalue weighted by molar-refractivity contribution is 5.62. The van der Waals surface area contributed by atoms with Gasteiger partial charge in [0.05, 0.1) is 4.92 Å². The predicted molar refractivity (Wildman–Crippen MR) is 81.9 cm³/mol. The van der Waals surface area contributed by atoms with Gasteiger partial charge in [-0.3, -0.25) is 10.1 Å². The van der Waals surface area contributed by atoms with Crippen LogP contribution in [0.5, 0.6) is 0 Å². The molecule has 2 rings (SSSR count). The number of para-hydroxylation sites is 1. The third-order valence-corrected chi connectivity index (χ3v) is 4.49. The van der Waals surface area contributed by atoms with E-state index in [2.05, 4.69) is 19.2 Å². The number of halogens is 1. The molecule has 21 heavy (non-hydrogen) atoms. The molecule has 0 aromatic heterocycles. The third-order valence-electron chi connectivity index (χ3n) is 4.49. The van der Waals surface area contributed by atoms with E-state index < -0.39 is 10.7 Å². The highest BCUT2D eigenvalue weighted by Crippen LogP contribution is 2.33. The minimum atomic E-state index is -0.547. The van der Waals surface area contributed by atoms with E-state index in [0.29, 0.717) is 11.8 Å². The average molecular weight is 294 g/mol. The number of hydrogen-bond acceptors (Lipinski definition) is 3. The Balaban J connectivity index is 2.10. The molecule has 1 aromatic rings. The maximum Gasteiger partial charge on any atom is 0.295 e. The van der Waals surface area contributed by atoms with Crippen molar-refractivity contribution in [3.63, 3.8) is 0 Å². The number of benzene rings is 1. The molecular formula is C16H23FN2O2. The van der Waals surface area contributed by atoms with Crippen molar-refractivity contribution in [1.82, 2.24) is 0 Å². The van der Waals surface area contributed by atoms with E-state index in [1.165, 1.54) is 24.6 Å². The molecule has 5 heteroatoms. The maximum atomic E-state index is 13.9. The lowest BCUT2D eigenvalue weighted by atomic mass is 9.89. The number of nitro benzene ring substituents is 1. The zero-order valence-corrected chi connectivity index (χ0v) is 12.6. The molecule has 4 nitrogen and oxygen atoms in total. The van der Waals surface area contributed by atoms with E-state index in [9.17, 15) is 14.5 Å². The van der Waals surface area contributed by atoms with E-state index in [1.54, 1.807) is 0 Å². The molecule has 0 amide bonds. The SMILES string of the molecule is CC(C)C1CCCC(Nc2c(F)cccc2[N+](=O)[O-])CC1. The van der Waals surface area contributed by atoms with Crippen LogP contribution in [-0.2, 0) is 0 Å². The Morgan fingerprint density at radius 2 is 2.05 bits per heavy atom. The topological polar surface area (TPSA) is 55.2 Å². The van der Waals surface area contributed by atoms with Gasteiger partial charge in [0, 0.05) is 12.1 Å². The van der Waals surface area contributed by atoms with E-state index >= 15 is 0 Å². The first-order valence-corrected chi connectivity index (χ1v) is 7.68. The summed E-state index contributed by atoms with van der Waals surface area (Å²) in [5.74, 6) is 0.813. The van der Waals surface area contributed by atoms with Crippen LogP contribution in [0.4, 0.5) is 15.8 Å². The standard InChI is InChI=1S/C16H23FN2O2/c1-11(2)12-5-3-6-13(10-9-12)18-16-14(17)7-4-8-15(16)19(20)21/h4,7-8,11-13,18H,3,5-6,9-10H2,1-2H3. The first-order valence-electron chi connectivity index (χ1n) is 7.68. The van der Waals surface area contributed by atoms with Crippen molar-refractivity contribution in [2.24, 2.45) is 11.8 Å². The fourth-order valence-corrected chi connectivity index (χ4v) is 3.15. The van der Waals surface area contributed by atoms with Gasteiger partial charge in [0.25, 0.3) is 5.69 Å². The average Bonchev–Trinajstić information content (AvgIpc) is 2.66. The molecule has 116 valence electrons. The molecule has 1 aromatic carbocycles. The van der Waals surface area contributed by atoms with Crippen LogP contribution in [0.3, 0.4) is 0 Å². The Bertz CT molecular complexity index is 505. The number of hydrogen-bond donors (Lipinski definition) is 1. The Kier molecular flexibility index (Phi) is 5.15. The zero-order chi connectivity index (χ0) is 15.4. The summed E-state index contributed by atoms with van der Waals surface area (Å²) in [6.07, 6.45) is 5.25. The lowest BCUT2D eigenvalue weighted by Gasteiger charge is -2.20. The molecule has 0 heterocycles. The summed E-state index contributed by atoms with van der Waals surface area (Å²) in [7, 11) is 0. The van der Waals surface area contributed by atoms with Gasteiger partial charge in [-0.15, -0.1) is 0 Å². The minimum absolute atomic E-state index is 0.0375. The van der Waals surface area contributed by atoms with Crippen LogP contribution in [0, 0.1) is 27.8 Å². The van der Waals surface area contributed by atoms with Crippen molar-refractivity contribution in [3.8, 4) is 0 Å². The van der Waals surface area contributed by atoms with Gasteiger partial charge in [-0.25, -0.2) is 4.39 Å². The van der Waals surface area contributed by atoms with Crippen LogP contribution in [0.25, 0.3) is 0 Å². The van der Waals surface area contributed by atoms with Gasteiger partial charge in [0.15, 0.2) is 5.82 Å². The number of nitro groups is 1. The summed E-state index contributed by atoms with van der Waals surface area (Å²) in [6.45, 7) is 4.47. The number of nitrogens with one attached hydrogen (secondary N) is 1. The second-order valence-electron chi connectivity index (χ2n) is 6.24. The summed E-state index contributed by atoms with van der Waals surface area (Å²) >= 11 is 0. The summed E-state index contributed by atoms with van der Waals surface area (Å²) in [5.41, 5.74) is -0.143. The van der Waals surface area contributed by atoms with Crippen LogP contribution < -0.4 is 5.32 Å². The Morgan fingerprint density at radius 1 is 1.29 bits per heavy atom. The first kappa shape index (κ1) is 15.7. The lowest BCUT2D eigenvalue weighted by Crippen LogP contribution is -2.20. The maximum absolute atomic E-state index is 13.9. The quantitative estimate of drug-likeness (QED) is 0.495. The predicted octanol–water partition coefficient (Wildman–Crippen LogP) is 4.75. The molecule has 0 saturated heterocycles. The van der Waals surface area contributed by atoms with E-state index in [0.717, 1.165) is 25.7 Å².